The minimum absolute atomic E-state index is 0.0903. The number of halogens is 1. The number of benzene rings is 2. The number of para-hydroxylation sites is 2. The SMILES string of the molecule is Cn1c(/C(C#N)=C(\O)CSc2ccccc2F)nc2ccccc21. The van der Waals surface area contributed by atoms with E-state index in [1.165, 1.54) is 6.07 Å². The first-order chi connectivity index (χ1) is 11.6. The molecule has 0 unspecified atom stereocenters. The van der Waals surface area contributed by atoms with Gasteiger partial charge in [0.05, 0.1) is 16.8 Å². The first-order valence-corrected chi connectivity index (χ1v) is 8.21. The quantitative estimate of drug-likeness (QED) is 0.437. The lowest BCUT2D eigenvalue weighted by molar-refractivity contribution is 0.420. The fourth-order valence-electron chi connectivity index (χ4n) is 2.39. The Hall–Kier alpha value is -2.78. The normalized spacial score (nSPS) is 12.0. The van der Waals surface area contributed by atoms with Gasteiger partial charge in [0.2, 0.25) is 0 Å². The molecule has 4 nitrogen and oxygen atoms in total. The number of nitrogens with zero attached hydrogens (tertiary/aromatic N) is 3. The van der Waals surface area contributed by atoms with Gasteiger partial charge >= 0.3 is 0 Å². The number of aromatic nitrogens is 2. The predicted molar refractivity (Wildman–Crippen MR) is 93.0 cm³/mol. The van der Waals surface area contributed by atoms with Crippen LogP contribution in [0.25, 0.3) is 16.6 Å². The van der Waals surface area contributed by atoms with Crippen LogP contribution in [0.15, 0.2) is 59.2 Å². The molecule has 1 heterocycles. The second-order valence-electron chi connectivity index (χ2n) is 5.14. The average Bonchev–Trinajstić information content (AvgIpc) is 2.92. The Kier molecular flexibility index (Phi) is 4.54. The summed E-state index contributed by atoms with van der Waals surface area (Å²) >= 11 is 1.14. The summed E-state index contributed by atoms with van der Waals surface area (Å²) in [5, 5.41) is 19.8. The molecular formula is C18H14FN3OS. The van der Waals surface area contributed by atoms with Crippen LogP contribution in [-0.4, -0.2) is 20.4 Å². The van der Waals surface area contributed by atoms with Gasteiger partial charge in [0, 0.05) is 11.9 Å². The lowest BCUT2D eigenvalue weighted by atomic mass is 10.2. The second kappa shape index (κ2) is 6.77. The first-order valence-electron chi connectivity index (χ1n) is 7.23. The fourth-order valence-corrected chi connectivity index (χ4v) is 3.21. The van der Waals surface area contributed by atoms with Gasteiger partial charge in [0.15, 0.2) is 5.82 Å². The van der Waals surface area contributed by atoms with E-state index >= 15 is 0 Å². The van der Waals surface area contributed by atoms with Gasteiger partial charge in [-0.3, -0.25) is 0 Å². The Bertz CT molecular complexity index is 972. The van der Waals surface area contributed by atoms with Crippen molar-refractivity contribution in [1.29, 1.82) is 5.26 Å². The van der Waals surface area contributed by atoms with Crippen molar-refractivity contribution in [3.05, 3.63) is 65.9 Å². The monoisotopic (exact) mass is 339 g/mol. The van der Waals surface area contributed by atoms with Gasteiger partial charge in [0.25, 0.3) is 0 Å². The summed E-state index contributed by atoms with van der Waals surface area (Å²) in [6, 6.07) is 15.8. The van der Waals surface area contributed by atoms with E-state index in [1.807, 2.05) is 30.3 Å². The average molecular weight is 339 g/mol. The maximum atomic E-state index is 13.6. The van der Waals surface area contributed by atoms with E-state index in [0.717, 1.165) is 22.8 Å². The highest BCUT2D eigenvalue weighted by Crippen LogP contribution is 2.27. The van der Waals surface area contributed by atoms with Crippen LogP contribution in [-0.2, 0) is 7.05 Å². The highest BCUT2D eigenvalue weighted by atomic mass is 32.2. The van der Waals surface area contributed by atoms with Gasteiger partial charge in [-0.05, 0) is 24.3 Å². The summed E-state index contributed by atoms with van der Waals surface area (Å²) in [4.78, 5) is 4.84. The molecule has 24 heavy (non-hydrogen) atoms. The molecule has 0 aliphatic rings. The Morgan fingerprint density at radius 1 is 1.25 bits per heavy atom. The van der Waals surface area contributed by atoms with Crippen molar-refractivity contribution >= 4 is 28.4 Å². The summed E-state index contributed by atoms with van der Waals surface area (Å²) < 4.78 is 15.4. The maximum Gasteiger partial charge on any atom is 0.155 e. The van der Waals surface area contributed by atoms with Crippen molar-refractivity contribution in [2.75, 3.05) is 5.75 Å². The molecule has 0 aliphatic carbocycles. The maximum absolute atomic E-state index is 13.6. The number of aliphatic hydroxyl groups excluding tert-OH is 1. The second-order valence-corrected chi connectivity index (χ2v) is 6.15. The summed E-state index contributed by atoms with van der Waals surface area (Å²) in [5.41, 5.74) is 1.71. The molecule has 6 heteroatoms. The predicted octanol–water partition coefficient (Wildman–Crippen LogP) is 4.30. The number of aliphatic hydroxyl groups is 1. The fraction of sp³-hybridized carbons (Fsp3) is 0.111. The molecule has 2 aromatic carbocycles. The smallest absolute Gasteiger partial charge is 0.155 e. The standard InChI is InChI=1S/C18H14FN3OS/c1-22-15-8-4-3-7-14(15)21-18(22)12(10-20)16(23)11-24-17-9-5-2-6-13(17)19/h2-9,23H,11H2,1H3/b16-12-. The van der Waals surface area contributed by atoms with Crippen LogP contribution in [0.5, 0.6) is 0 Å². The third-order valence-electron chi connectivity index (χ3n) is 3.61. The van der Waals surface area contributed by atoms with E-state index in [-0.39, 0.29) is 22.9 Å². The van der Waals surface area contributed by atoms with Crippen molar-refractivity contribution in [3.63, 3.8) is 0 Å². The lowest BCUT2D eigenvalue weighted by Gasteiger charge is -2.06. The molecule has 3 aromatic rings. The van der Waals surface area contributed by atoms with Crippen LogP contribution in [0.1, 0.15) is 5.82 Å². The number of allylic oxidation sites excluding steroid dienone is 1. The molecule has 0 saturated heterocycles. The number of hydrogen-bond acceptors (Lipinski definition) is 4. The molecule has 0 bridgehead atoms. The third-order valence-corrected chi connectivity index (χ3v) is 4.67. The number of rotatable bonds is 4. The molecule has 1 aromatic heterocycles. The zero-order valence-electron chi connectivity index (χ0n) is 12.9. The van der Waals surface area contributed by atoms with Gasteiger partial charge in [-0.25, -0.2) is 9.37 Å². The topological polar surface area (TPSA) is 61.8 Å². The molecule has 0 atom stereocenters. The lowest BCUT2D eigenvalue weighted by Crippen LogP contribution is -2.01. The minimum atomic E-state index is -0.350. The van der Waals surface area contributed by atoms with Gasteiger partial charge < -0.3 is 9.67 Å². The molecule has 3 rings (SSSR count). The molecule has 0 saturated carbocycles. The number of imidazole rings is 1. The first kappa shape index (κ1) is 16.1. The summed E-state index contributed by atoms with van der Waals surface area (Å²) in [6.45, 7) is 0. The highest BCUT2D eigenvalue weighted by molar-refractivity contribution is 7.99. The Morgan fingerprint density at radius 3 is 2.67 bits per heavy atom. The largest absolute Gasteiger partial charge is 0.510 e. The van der Waals surface area contributed by atoms with Crippen molar-refractivity contribution in [2.45, 2.75) is 4.90 Å². The van der Waals surface area contributed by atoms with Gasteiger partial charge in [-0.1, -0.05) is 24.3 Å². The number of fused-ring (bicyclic) bond motifs is 1. The third kappa shape index (κ3) is 2.99. The van der Waals surface area contributed by atoms with Crippen LogP contribution in [0.2, 0.25) is 0 Å². The Balaban J connectivity index is 1.94. The number of thioether (sulfide) groups is 1. The van der Waals surface area contributed by atoms with Gasteiger partial charge in [-0.15, -0.1) is 11.8 Å². The highest BCUT2D eigenvalue weighted by Gasteiger charge is 2.16. The van der Waals surface area contributed by atoms with Crippen LogP contribution >= 0.6 is 11.8 Å². The molecule has 0 radical (unpaired) electrons. The summed E-state index contributed by atoms with van der Waals surface area (Å²) in [6.07, 6.45) is 0. The van der Waals surface area contributed by atoms with E-state index in [1.54, 1.807) is 29.8 Å². The van der Waals surface area contributed by atoms with Crippen molar-refractivity contribution in [1.82, 2.24) is 9.55 Å². The van der Waals surface area contributed by atoms with Crippen molar-refractivity contribution < 1.29 is 9.50 Å². The van der Waals surface area contributed by atoms with E-state index in [9.17, 15) is 14.8 Å². The number of aryl methyl sites for hydroxylation is 1. The zero-order chi connectivity index (χ0) is 17.1. The van der Waals surface area contributed by atoms with E-state index in [0.29, 0.717) is 10.7 Å². The molecule has 1 N–H and O–H groups in total. The number of nitriles is 1. The summed E-state index contributed by atoms with van der Waals surface area (Å²) in [5.74, 6) is 0.0126. The summed E-state index contributed by atoms with van der Waals surface area (Å²) in [7, 11) is 1.79. The van der Waals surface area contributed by atoms with E-state index < -0.39 is 0 Å². The minimum Gasteiger partial charge on any atom is -0.510 e. The van der Waals surface area contributed by atoms with Gasteiger partial charge in [-0.2, -0.15) is 5.26 Å². The van der Waals surface area contributed by atoms with E-state index in [2.05, 4.69) is 4.98 Å². The zero-order valence-corrected chi connectivity index (χ0v) is 13.7. The van der Waals surface area contributed by atoms with E-state index in [4.69, 9.17) is 0 Å². The molecule has 0 spiro atoms. The van der Waals surface area contributed by atoms with Crippen LogP contribution in [0.3, 0.4) is 0 Å². The number of hydrogen-bond donors (Lipinski definition) is 1. The van der Waals surface area contributed by atoms with Crippen LogP contribution < -0.4 is 0 Å². The van der Waals surface area contributed by atoms with Crippen LogP contribution in [0, 0.1) is 17.1 Å². The van der Waals surface area contributed by atoms with Gasteiger partial charge in [0.1, 0.15) is 23.2 Å². The Labute approximate surface area is 142 Å². The van der Waals surface area contributed by atoms with Crippen LogP contribution in [0.4, 0.5) is 4.39 Å². The molecule has 0 fully saturated rings. The Morgan fingerprint density at radius 2 is 1.96 bits per heavy atom. The van der Waals surface area contributed by atoms with Crippen molar-refractivity contribution in [3.8, 4) is 6.07 Å². The van der Waals surface area contributed by atoms with Crippen molar-refractivity contribution in [2.24, 2.45) is 7.05 Å². The molecule has 0 amide bonds. The molecular weight excluding hydrogens is 325 g/mol. The molecule has 0 aliphatic heterocycles. The molecule has 120 valence electrons.